The molecule has 0 spiro atoms. The number of rotatable bonds is 6. The number of carbonyl (C=O) groups excluding carboxylic acids is 2. The van der Waals surface area contributed by atoms with Gasteiger partial charge in [0, 0.05) is 44.5 Å². The number of carbonyl (C=O) groups is 2. The van der Waals surface area contributed by atoms with Crippen molar-refractivity contribution in [3.63, 3.8) is 0 Å². The van der Waals surface area contributed by atoms with Crippen molar-refractivity contribution in [2.45, 2.75) is 25.8 Å². The second-order valence-corrected chi connectivity index (χ2v) is 6.04. The first-order valence-corrected chi connectivity index (χ1v) is 8.15. The summed E-state index contributed by atoms with van der Waals surface area (Å²) in [7, 11) is 1.78. The van der Waals surface area contributed by atoms with Crippen LogP contribution in [0.3, 0.4) is 0 Å². The lowest BCUT2D eigenvalue weighted by Crippen LogP contribution is -2.30. The molecule has 1 aromatic carbocycles. The molecule has 0 aliphatic heterocycles. The maximum absolute atomic E-state index is 12.5. The van der Waals surface area contributed by atoms with Crippen LogP contribution >= 0.6 is 0 Å². The van der Waals surface area contributed by atoms with Crippen LogP contribution in [0.15, 0.2) is 54.6 Å². The lowest BCUT2D eigenvalue weighted by atomic mass is 10.00. The molecule has 5 heteroatoms. The molecule has 3 rings (SSSR count). The Labute approximate surface area is 141 Å². The van der Waals surface area contributed by atoms with Crippen molar-refractivity contribution >= 4 is 17.3 Å². The predicted octanol–water partition coefficient (Wildman–Crippen LogP) is 2.55. The van der Waals surface area contributed by atoms with E-state index in [1.165, 1.54) is 0 Å². The minimum absolute atomic E-state index is 0.0196. The summed E-state index contributed by atoms with van der Waals surface area (Å²) in [5.74, 6) is 0.0824. The Kier molecular flexibility index (Phi) is 4.89. The smallest absolute Gasteiger partial charge is 0.226 e. The predicted molar refractivity (Wildman–Crippen MR) is 92.1 cm³/mol. The molecule has 0 N–H and O–H groups in total. The van der Waals surface area contributed by atoms with Gasteiger partial charge < -0.3 is 9.47 Å². The van der Waals surface area contributed by atoms with E-state index in [1.54, 1.807) is 24.5 Å². The van der Waals surface area contributed by atoms with Gasteiger partial charge in [-0.1, -0.05) is 30.3 Å². The molecule has 1 amide bonds. The molecule has 1 aliphatic carbocycles. The largest absolute Gasteiger partial charge is 0.344 e. The lowest BCUT2D eigenvalue weighted by molar-refractivity contribution is -0.130. The summed E-state index contributed by atoms with van der Waals surface area (Å²) in [5.41, 5.74) is 2.75. The van der Waals surface area contributed by atoms with Crippen LogP contribution in [0, 0.1) is 0 Å². The van der Waals surface area contributed by atoms with Crippen molar-refractivity contribution in [1.29, 1.82) is 0 Å². The standard InChI is InChI=1S/C19H21N3O2/c1-21(11-12-22-10-9-20-14-22)19(24)13-17-16(7-8-18(17)23)15-5-3-2-4-6-15/h2-6,9-10,14H,7-8,11-13H2,1H3. The van der Waals surface area contributed by atoms with Crippen LogP contribution in [0.25, 0.3) is 5.57 Å². The molecule has 124 valence electrons. The lowest BCUT2D eigenvalue weighted by Gasteiger charge is -2.18. The third-order valence-corrected chi connectivity index (χ3v) is 4.43. The van der Waals surface area contributed by atoms with Gasteiger partial charge >= 0.3 is 0 Å². The topological polar surface area (TPSA) is 55.2 Å². The van der Waals surface area contributed by atoms with Crippen LogP contribution in [-0.4, -0.2) is 39.7 Å². The number of allylic oxidation sites excluding steroid dienone is 1. The molecule has 1 aliphatic rings. The number of hydrogen-bond donors (Lipinski definition) is 0. The van der Waals surface area contributed by atoms with Gasteiger partial charge in [0.1, 0.15) is 0 Å². The van der Waals surface area contributed by atoms with Crippen molar-refractivity contribution in [2.24, 2.45) is 0 Å². The zero-order valence-corrected chi connectivity index (χ0v) is 13.8. The average Bonchev–Trinajstić information content (AvgIpc) is 3.24. The first kappa shape index (κ1) is 16.2. The molecule has 0 bridgehead atoms. The van der Waals surface area contributed by atoms with Crippen molar-refractivity contribution in [3.8, 4) is 0 Å². The van der Waals surface area contributed by atoms with Gasteiger partial charge in [-0.25, -0.2) is 4.98 Å². The minimum atomic E-state index is -0.0196. The highest BCUT2D eigenvalue weighted by Gasteiger charge is 2.26. The molecule has 0 radical (unpaired) electrons. The number of aromatic nitrogens is 2. The number of amides is 1. The first-order valence-electron chi connectivity index (χ1n) is 8.15. The summed E-state index contributed by atoms with van der Waals surface area (Å²) in [6.45, 7) is 1.29. The van der Waals surface area contributed by atoms with Crippen LogP contribution in [-0.2, 0) is 16.1 Å². The maximum Gasteiger partial charge on any atom is 0.226 e. The third kappa shape index (κ3) is 3.62. The van der Waals surface area contributed by atoms with Crippen molar-refractivity contribution in [3.05, 3.63) is 60.2 Å². The quantitative estimate of drug-likeness (QED) is 0.821. The van der Waals surface area contributed by atoms with Gasteiger partial charge in [-0.2, -0.15) is 0 Å². The highest BCUT2D eigenvalue weighted by atomic mass is 16.2. The van der Waals surface area contributed by atoms with Crippen molar-refractivity contribution in [2.75, 3.05) is 13.6 Å². The van der Waals surface area contributed by atoms with Crippen LogP contribution in [0.5, 0.6) is 0 Å². The molecule has 5 nitrogen and oxygen atoms in total. The molecule has 0 fully saturated rings. The van der Waals surface area contributed by atoms with Gasteiger partial charge in [-0.15, -0.1) is 0 Å². The number of ketones is 1. The molecule has 1 aromatic heterocycles. The van der Waals surface area contributed by atoms with Crippen LogP contribution in [0.1, 0.15) is 24.8 Å². The number of hydrogen-bond acceptors (Lipinski definition) is 3. The van der Waals surface area contributed by atoms with Crippen molar-refractivity contribution < 1.29 is 9.59 Å². The van der Waals surface area contributed by atoms with Crippen LogP contribution in [0.4, 0.5) is 0 Å². The van der Waals surface area contributed by atoms with E-state index in [2.05, 4.69) is 4.98 Å². The number of imidazole rings is 1. The Morgan fingerprint density at radius 3 is 2.75 bits per heavy atom. The molecule has 2 aromatic rings. The van der Waals surface area contributed by atoms with E-state index in [0.717, 1.165) is 17.6 Å². The SMILES string of the molecule is CN(CCn1ccnc1)C(=O)CC1=C(c2ccccc2)CCC1=O. The van der Waals surface area contributed by atoms with E-state index in [-0.39, 0.29) is 18.1 Å². The Bertz CT molecular complexity index is 748. The third-order valence-electron chi connectivity index (χ3n) is 4.43. The van der Waals surface area contributed by atoms with Gasteiger partial charge in [0.15, 0.2) is 5.78 Å². The molecule has 0 saturated carbocycles. The molecule has 1 heterocycles. The molecule has 0 saturated heterocycles. The van der Waals surface area contributed by atoms with E-state index in [9.17, 15) is 9.59 Å². The van der Waals surface area contributed by atoms with E-state index in [1.807, 2.05) is 41.1 Å². The highest BCUT2D eigenvalue weighted by molar-refractivity contribution is 6.10. The molecular formula is C19H21N3O2. The number of benzene rings is 1. The zero-order chi connectivity index (χ0) is 16.9. The summed E-state index contributed by atoms with van der Waals surface area (Å²) in [6.07, 6.45) is 6.74. The zero-order valence-electron chi connectivity index (χ0n) is 13.8. The van der Waals surface area contributed by atoms with Gasteiger partial charge in [-0.05, 0) is 17.6 Å². The molecule has 0 unspecified atom stereocenters. The van der Waals surface area contributed by atoms with E-state index >= 15 is 0 Å². The maximum atomic E-state index is 12.5. The summed E-state index contributed by atoms with van der Waals surface area (Å²) >= 11 is 0. The first-order chi connectivity index (χ1) is 11.6. The fourth-order valence-electron chi connectivity index (χ4n) is 2.97. The summed E-state index contributed by atoms with van der Waals surface area (Å²) < 4.78 is 1.93. The summed E-state index contributed by atoms with van der Waals surface area (Å²) in [5, 5.41) is 0. The van der Waals surface area contributed by atoms with E-state index in [4.69, 9.17) is 0 Å². The number of Topliss-reactive ketones (excluding diaryl/α,β-unsaturated/α-hetero) is 1. The second kappa shape index (κ2) is 7.25. The van der Waals surface area contributed by atoms with E-state index < -0.39 is 0 Å². The Morgan fingerprint density at radius 2 is 2.04 bits per heavy atom. The fraction of sp³-hybridized carbons (Fsp3) is 0.316. The highest BCUT2D eigenvalue weighted by Crippen LogP contribution is 2.33. The monoisotopic (exact) mass is 323 g/mol. The Hall–Kier alpha value is -2.69. The van der Waals surface area contributed by atoms with Crippen molar-refractivity contribution in [1.82, 2.24) is 14.5 Å². The van der Waals surface area contributed by atoms with Gasteiger partial charge in [0.05, 0.1) is 12.7 Å². The minimum Gasteiger partial charge on any atom is -0.344 e. The summed E-state index contributed by atoms with van der Waals surface area (Å²) in [4.78, 5) is 30.4. The van der Waals surface area contributed by atoms with Crippen LogP contribution in [0.2, 0.25) is 0 Å². The molecular weight excluding hydrogens is 302 g/mol. The number of likely N-dealkylation sites (N-methyl/N-ethyl adjacent to an activating group) is 1. The van der Waals surface area contributed by atoms with E-state index in [0.29, 0.717) is 25.1 Å². The van der Waals surface area contributed by atoms with Gasteiger partial charge in [-0.3, -0.25) is 9.59 Å². The Balaban J connectivity index is 1.68. The molecule has 24 heavy (non-hydrogen) atoms. The molecule has 0 atom stereocenters. The Morgan fingerprint density at radius 1 is 1.25 bits per heavy atom. The fourth-order valence-corrected chi connectivity index (χ4v) is 2.97. The average molecular weight is 323 g/mol. The number of nitrogens with zero attached hydrogens (tertiary/aromatic N) is 3. The second-order valence-electron chi connectivity index (χ2n) is 6.04. The van der Waals surface area contributed by atoms with Gasteiger partial charge in [0.25, 0.3) is 0 Å². The van der Waals surface area contributed by atoms with Gasteiger partial charge in [0.2, 0.25) is 5.91 Å². The summed E-state index contributed by atoms with van der Waals surface area (Å²) in [6, 6.07) is 9.88. The van der Waals surface area contributed by atoms with Crippen LogP contribution < -0.4 is 0 Å². The normalized spacial score (nSPS) is 14.3.